The Hall–Kier alpha value is -0.850. The number of hydrogen-bond acceptors (Lipinski definition) is 4. The fourth-order valence-electron chi connectivity index (χ4n) is 4.18. The van der Waals surface area contributed by atoms with Crippen LogP contribution in [-0.4, -0.2) is 87.9 Å². The lowest BCUT2D eigenvalue weighted by Crippen LogP contribution is -2.62. The van der Waals surface area contributed by atoms with Crippen LogP contribution in [-0.2, 0) is 4.74 Å². The van der Waals surface area contributed by atoms with Crippen molar-refractivity contribution in [3.8, 4) is 0 Å². The van der Waals surface area contributed by atoms with Crippen LogP contribution < -0.4 is 10.6 Å². The molecule has 2 aliphatic heterocycles. The molecule has 2 aliphatic rings. The molecule has 0 radical (unpaired) electrons. The highest BCUT2D eigenvalue weighted by molar-refractivity contribution is 5.79. The van der Waals surface area contributed by atoms with E-state index in [1.807, 2.05) is 7.05 Å². The molecule has 0 unspecified atom stereocenters. The molecule has 0 amide bonds. The Labute approximate surface area is 167 Å². The third-order valence-corrected chi connectivity index (χ3v) is 5.96. The quantitative estimate of drug-likeness (QED) is 0.364. The average Bonchev–Trinajstić information content (AvgIpc) is 2.69. The van der Waals surface area contributed by atoms with Crippen LogP contribution in [0.3, 0.4) is 0 Å². The third-order valence-electron chi connectivity index (χ3n) is 5.96. The lowest BCUT2D eigenvalue weighted by atomic mass is 9.84. The lowest BCUT2D eigenvalue weighted by Gasteiger charge is -2.50. The predicted molar refractivity (Wildman–Crippen MR) is 115 cm³/mol. The Balaban J connectivity index is 1.78. The van der Waals surface area contributed by atoms with Crippen molar-refractivity contribution in [2.24, 2.45) is 10.9 Å². The number of rotatable bonds is 9. The summed E-state index contributed by atoms with van der Waals surface area (Å²) in [5.74, 6) is 1.53. The van der Waals surface area contributed by atoms with Gasteiger partial charge in [0.2, 0.25) is 0 Å². The number of aliphatic imine (C=N–C) groups is 1. The van der Waals surface area contributed by atoms with Crippen molar-refractivity contribution in [3.63, 3.8) is 0 Å². The summed E-state index contributed by atoms with van der Waals surface area (Å²) >= 11 is 0. The fraction of sp³-hybridized carbons (Fsp3) is 0.952. The first-order valence-electron chi connectivity index (χ1n) is 11.0. The monoisotopic (exact) mass is 381 g/mol. The molecule has 0 saturated carbocycles. The van der Waals surface area contributed by atoms with Gasteiger partial charge < -0.3 is 20.3 Å². The van der Waals surface area contributed by atoms with Gasteiger partial charge in [0.25, 0.3) is 0 Å². The predicted octanol–water partition coefficient (Wildman–Crippen LogP) is 2.16. The average molecular weight is 382 g/mol. The second kappa shape index (κ2) is 11.9. The number of piperidine rings is 2. The number of hydrogen-bond donors (Lipinski definition) is 2. The van der Waals surface area contributed by atoms with Gasteiger partial charge in [-0.05, 0) is 71.2 Å². The zero-order valence-corrected chi connectivity index (χ0v) is 18.2. The summed E-state index contributed by atoms with van der Waals surface area (Å²) in [5, 5.41) is 7.10. The smallest absolute Gasteiger partial charge is 0.191 e. The summed E-state index contributed by atoms with van der Waals surface area (Å²) in [6.45, 7) is 12.8. The van der Waals surface area contributed by atoms with Crippen LogP contribution >= 0.6 is 0 Å². The molecular formula is C21H43N5O. The SMILES string of the molecule is CN=C(NCCCOCC(C)C)NCC1(N2CCCCC2)CCN(C)CC1. The summed E-state index contributed by atoms with van der Waals surface area (Å²) in [6.07, 6.45) is 7.59. The minimum Gasteiger partial charge on any atom is -0.381 e. The van der Waals surface area contributed by atoms with E-state index in [0.29, 0.717) is 5.92 Å². The number of nitrogens with zero attached hydrogens (tertiary/aromatic N) is 3. The molecule has 2 saturated heterocycles. The highest BCUT2D eigenvalue weighted by Gasteiger charge is 2.39. The van der Waals surface area contributed by atoms with Gasteiger partial charge in [0.1, 0.15) is 0 Å². The van der Waals surface area contributed by atoms with Gasteiger partial charge in [0.05, 0.1) is 0 Å². The summed E-state index contributed by atoms with van der Waals surface area (Å²) in [6, 6.07) is 0. The number of ether oxygens (including phenoxy) is 1. The molecule has 0 aromatic carbocycles. The first-order chi connectivity index (χ1) is 13.1. The molecular weight excluding hydrogens is 338 g/mol. The zero-order valence-electron chi connectivity index (χ0n) is 18.2. The van der Waals surface area contributed by atoms with Crippen LogP contribution in [0.2, 0.25) is 0 Å². The maximum Gasteiger partial charge on any atom is 0.191 e. The fourth-order valence-corrected chi connectivity index (χ4v) is 4.18. The topological polar surface area (TPSA) is 52.1 Å². The minimum atomic E-state index is 0.283. The van der Waals surface area contributed by atoms with E-state index < -0.39 is 0 Å². The molecule has 6 nitrogen and oxygen atoms in total. The van der Waals surface area contributed by atoms with Crippen LogP contribution in [0.1, 0.15) is 52.4 Å². The minimum absolute atomic E-state index is 0.283. The number of nitrogens with one attached hydrogen (secondary N) is 2. The normalized spacial score (nSPS) is 22.2. The Morgan fingerprint density at radius 1 is 1.07 bits per heavy atom. The van der Waals surface area contributed by atoms with Crippen molar-refractivity contribution >= 4 is 5.96 Å². The Morgan fingerprint density at radius 2 is 1.78 bits per heavy atom. The largest absolute Gasteiger partial charge is 0.381 e. The van der Waals surface area contributed by atoms with Gasteiger partial charge in [0, 0.05) is 38.9 Å². The van der Waals surface area contributed by atoms with E-state index in [0.717, 1.165) is 38.7 Å². The van der Waals surface area contributed by atoms with Gasteiger partial charge in [-0.1, -0.05) is 20.3 Å². The molecule has 2 N–H and O–H groups in total. The molecule has 27 heavy (non-hydrogen) atoms. The third kappa shape index (κ3) is 7.59. The van der Waals surface area contributed by atoms with Crippen LogP contribution in [0.25, 0.3) is 0 Å². The van der Waals surface area contributed by atoms with Crippen molar-refractivity contribution in [2.75, 3.05) is 66.6 Å². The van der Waals surface area contributed by atoms with Gasteiger partial charge in [-0.15, -0.1) is 0 Å². The molecule has 0 spiro atoms. The maximum absolute atomic E-state index is 5.66. The first kappa shape index (κ1) is 22.4. The van der Waals surface area contributed by atoms with Gasteiger partial charge >= 0.3 is 0 Å². The van der Waals surface area contributed by atoms with Crippen molar-refractivity contribution < 1.29 is 4.74 Å². The van der Waals surface area contributed by atoms with E-state index in [1.54, 1.807) is 0 Å². The first-order valence-corrected chi connectivity index (χ1v) is 11.0. The zero-order chi connectivity index (χ0) is 19.5. The Morgan fingerprint density at radius 3 is 2.41 bits per heavy atom. The van der Waals surface area contributed by atoms with Crippen LogP contribution in [0, 0.1) is 5.92 Å². The highest BCUT2D eigenvalue weighted by atomic mass is 16.5. The van der Waals surface area contributed by atoms with Crippen molar-refractivity contribution in [1.82, 2.24) is 20.4 Å². The summed E-state index contributed by atoms with van der Waals surface area (Å²) in [4.78, 5) is 9.67. The molecule has 2 heterocycles. The number of guanidine groups is 1. The molecule has 6 heteroatoms. The molecule has 2 fully saturated rings. The van der Waals surface area contributed by atoms with Crippen molar-refractivity contribution in [2.45, 2.75) is 57.9 Å². The number of likely N-dealkylation sites (tertiary alicyclic amines) is 2. The second-order valence-electron chi connectivity index (χ2n) is 8.75. The van der Waals surface area contributed by atoms with Gasteiger partial charge in [-0.3, -0.25) is 9.89 Å². The van der Waals surface area contributed by atoms with E-state index >= 15 is 0 Å². The van der Waals surface area contributed by atoms with E-state index in [4.69, 9.17) is 4.74 Å². The van der Waals surface area contributed by atoms with Crippen LogP contribution in [0.15, 0.2) is 4.99 Å². The van der Waals surface area contributed by atoms with E-state index in [-0.39, 0.29) is 5.54 Å². The van der Waals surface area contributed by atoms with Gasteiger partial charge in [-0.25, -0.2) is 0 Å². The second-order valence-corrected chi connectivity index (χ2v) is 8.75. The molecule has 0 atom stereocenters. The van der Waals surface area contributed by atoms with Crippen molar-refractivity contribution in [3.05, 3.63) is 0 Å². The van der Waals surface area contributed by atoms with Gasteiger partial charge in [-0.2, -0.15) is 0 Å². The summed E-state index contributed by atoms with van der Waals surface area (Å²) in [5.41, 5.74) is 0.283. The molecule has 2 rings (SSSR count). The highest BCUT2D eigenvalue weighted by Crippen LogP contribution is 2.30. The lowest BCUT2D eigenvalue weighted by molar-refractivity contribution is 0.0173. The molecule has 0 bridgehead atoms. The Kier molecular flexibility index (Phi) is 9.87. The van der Waals surface area contributed by atoms with Crippen molar-refractivity contribution in [1.29, 1.82) is 0 Å². The van der Waals surface area contributed by atoms with E-state index in [2.05, 4.69) is 46.3 Å². The molecule has 0 aromatic rings. The summed E-state index contributed by atoms with van der Waals surface area (Å²) in [7, 11) is 4.11. The molecule has 158 valence electrons. The van der Waals surface area contributed by atoms with Gasteiger partial charge in [0.15, 0.2) is 5.96 Å². The summed E-state index contributed by atoms with van der Waals surface area (Å²) < 4.78 is 5.66. The standard InChI is InChI=1S/C21H43N5O/c1-19(2)17-27-16-8-11-23-20(22-3)24-18-21(9-14-25(4)15-10-21)26-12-6-5-7-13-26/h19H,5-18H2,1-4H3,(H2,22,23,24). The van der Waals surface area contributed by atoms with Crippen LogP contribution in [0.4, 0.5) is 0 Å². The molecule has 0 aliphatic carbocycles. The van der Waals surface area contributed by atoms with E-state index in [9.17, 15) is 0 Å². The van der Waals surface area contributed by atoms with Crippen LogP contribution in [0.5, 0.6) is 0 Å². The van der Waals surface area contributed by atoms with E-state index in [1.165, 1.54) is 58.3 Å². The molecule has 0 aromatic heterocycles. The Bertz CT molecular complexity index is 426. The maximum atomic E-state index is 5.66.